The van der Waals surface area contributed by atoms with Crippen LogP contribution in [-0.4, -0.2) is 7.05 Å². The second-order valence-electron chi connectivity index (χ2n) is 4.32. The van der Waals surface area contributed by atoms with E-state index in [0.717, 1.165) is 22.6 Å². The lowest BCUT2D eigenvalue weighted by Gasteiger charge is -2.15. The first-order valence-electron chi connectivity index (χ1n) is 6.28. The third-order valence-electron chi connectivity index (χ3n) is 3.07. The predicted molar refractivity (Wildman–Crippen MR) is 83.0 cm³/mol. The fraction of sp³-hybridized carbons (Fsp3) is 0.125. The van der Waals surface area contributed by atoms with E-state index >= 15 is 0 Å². The zero-order valence-electron chi connectivity index (χ0n) is 11.3. The number of anilines is 2. The lowest BCUT2D eigenvalue weighted by Crippen LogP contribution is -2.05. The summed E-state index contributed by atoms with van der Waals surface area (Å²) in [5.74, 6) is 0. The standard InChI is InChI=1S/C16H19N3/c1-12-7-3-4-8-13(12)16(11-17)19-15-10-6-5-9-14(15)18-2/h3-11,18-19H,17H2,1-2H3/b16-11-. The van der Waals surface area contributed by atoms with E-state index in [1.165, 1.54) is 5.56 Å². The van der Waals surface area contributed by atoms with Crippen molar-refractivity contribution in [1.29, 1.82) is 0 Å². The molecule has 0 fully saturated rings. The molecule has 2 rings (SSSR count). The van der Waals surface area contributed by atoms with Gasteiger partial charge in [-0.05, 0) is 24.6 Å². The van der Waals surface area contributed by atoms with Gasteiger partial charge in [-0.25, -0.2) is 0 Å². The highest BCUT2D eigenvalue weighted by atomic mass is 15.0. The number of hydrogen-bond donors (Lipinski definition) is 3. The maximum atomic E-state index is 5.77. The van der Waals surface area contributed by atoms with Gasteiger partial charge in [0.15, 0.2) is 0 Å². The van der Waals surface area contributed by atoms with Gasteiger partial charge < -0.3 is 16.4 Å². The number of aryl methyl sites for hydroxylation is 1. The van der Waals surface area contributed by atoms with Crippen LogP contribution in [0.1, 0.15) is 11.1 Å². The molecule has 2 aromatic carbocycles. The largest absolute Gasteiger partial charge is 0.403 e. The van der Waals surface area contributed by atoms with Gasteiger partial charge in [-0.1, -0.05) is 36.4 Å². The minimum absolute atomic E-state index is 0.904. The summed E-state index contributed by atoms with van der Waals surface area (Å²) in [6.07, 6.45) is 1.61. The van der Waals surface area contributed by atoms with Gasteiger partial charge in [0.2, 0.25) is 0 Å². The molecular formula is C16H19N3. The molecule has 2 aromatic rings. The van der Waals surface area contributed by atoms with E-state index in [1.807, 2.05) is 43.4 Å². The SMILES string of the molecule is CNc1ccccc1N/C(=C\N)c1ccccc1C. The molecule has 0 bridgehead atoms. The first kappa shape index (κ1) is 13.0. The van der Waals surface area contributed by atoms with Crippen LogP contribution in [0.2, 0.25) is 0 Å². The third kappa shape index (κ3) is 2.88. The van der Waals surface area contributed by atoms with E-state index in [-0.39, 0.29) is 0 Å². The van der Waals surface area contributed by atoms with Crippen LogP contribution in [0, 0.1) is 6.92 Å². The van der Waals surface area contributed by atoms with Crippen LogP contribution in [0.5, 0.6) is 0 Å². The Morgan fingerprint density at radius 1 is 1.00 bits per heavy atom. The highest BCUT2D eigenvalue weighted by molar-refractivity contribution is 5.83. The summed E-state index contributed by atoms with van der Waals surface area (Å²) in [4.78, 5) is 0. The maximum absolute atomic E-state index is 5.77. The molecule has 0 aliphatic carbocycles. The molecule has 0 atom stereocenters. The second kappa shape index (κ2) is 5.96. The Hall–Kier alpha value is -2.42. The van der Waals surface area contributed by atoms with Crippen LogP contribution in [0.4, 0.5) is 11.4 Å². The number of nitrogens with two attached hydrogens (primary N) is 1. The van der Waals surface area contributed by atoms with E-state index in [1.54, 1.807) is 6.20 Å². The van der Waals surface area contributed by atoms with Crippen LogP contribution >= 0.6 is 0 Å². The molecule has 0 heterocycles. The van der Waals surface area contributed by atoms with Gasteiger partial charge in [-0.15, -0.1) is 0 Å². The summed E-state index contributed by atoms with van der Waals surface area (Å²) in [7, 11) is 1.90. The second-order valence-corrected chi connectivity index (χ2v) is 4.32. The molecule has 3 nitrogen and oxygen atoms in total. The first-order valence-corrected chi connectivity index (χ1v) is 6.28. The Kier molecular flexibility index (Phi) is 4.08. The van der Waals surface area contributed by atoms with Gasteiger partial charge in [0.1, 0.15) is 0 Å². The molecule has 3 heteroatoms. The molecule has 0 amide bonds. The van der Waals surface area contributed by atoms with Crippen LogP contribution in [0.15, 0.2) is 54.7 Å². The van der Waals surface area contributed by atoms with Crippen LogP contribution < -0.4 is 16.4 Å². The van der Waals surface area contributed by atoms with E-state index < -0.39 is 0 Å². The van der Waals surface area contributed by atoms with Crippen molar-refractivity contribution in [3.05, 3.63) is 65.9 Å². The van der Waals surface area contributed by atoms with Crippen molar-refractivity contribution < 1.29 is 0 Å². The Morgan fingerprint density at radius 2 is 1.63 bits per heavy atom. The third-order valence-corrected chi connectivity index (χ3v) is 3.07. The zero-order chi connectivity index (χ0) is 13.7. The fourth-order valence-corrected chi connectivity index (χ4v) is 2.03. The Morgan fingerprint density at radius 3 is 2.26 bits per heavy atom. The molecule has 98 valence electrons. The quantitative estimate of drug-likeness (QED) is 0.782. The smallest absolute Gasteiger partial charge is 0.0620 e. The summed E-state index contributed by atoms with van der Waals surface area (Å²) in [5.41, 5.74) is 11.0. The summed E-state index contributed by atoms with van der Waals surface area (Å²) in [6, 6.07) is 16.2. The highest BCUT2D eigenvalue weighted by Gasteiger charge is 2.06. The van der Waals surface area contributed by atoms with Gasteiger partial charge in [0.25, 0.3) is 0 Å². The normalized spacial score (nSPS) is 11.2. The number of hydrogen-bond acceptors (Lipinski definition) is 3. The molecule has 0 aliphatic rings. The molecule has 0 saturated carbocycles. The molecule has 4 N–H and O–H groups in total. The fourth-order valence-electron chi connectivity index (χ4n) is 2.03. The summed E-state index contributed by atoms with van der Waals surface area (Å²) in [6.45, 7) is 2.07. The number of para-hydroxylation sites is 2. The molecular weight excluding hydrogens is 234 g/mol. The van der Waals surface area contributed by atoms with Gasteiger partial charge in [0.05, 0.1) is 17.1 Å². The summed E-state index contributed by atoms with van der Waals surface area (Å²) in [5, 5.41) is 6.54. The van der Waals surface area contributed by atoms with Crippen molar-refractivity contribution in [2.75, 3.05) is 17.7 Å². The molecule has 0 unspecified atom stereocenters. The predicted octanol–water partition coefficient (Wildman–Crippen LogP) is 3.41. The van der Waals surface area contributed by atoms with Crippen molar-refractivity contribution >= 4 is 17.1 Å². The van der Waals surface area contributed by atoms with E-state index in [9.17, 15) is 0 Å². The average Bonchev–Trinajstić information content (AvgIpc) is 2.46. The zero-order valence-corrected chi connectivity index (χ0v) is 11.3. The van der Waals surface area contributed by atoms with Crippen LogP contribution in [0.25, 0.3) is 5.70 Å². The molecule has 0 radical (unpaired) electrons. The number of benzene rings is 2. The average molecular weight is 253 g/mol. The lowest BCUT2D eigenvalue weighted by atomic mass is 10.1. The monoisotopic (exact) mass is 253 g/mol. The van der Waals surface area contributed by atoms with Gasteiger partial charge in [-0.3, -0.25) is 0 Å². The maximum Gasteiger partial charge on any atom is 0.0620 e. The van der Waals surface area contributed by atoms with Gasteiger partial charge in [-0.2, -0.15) is 0 Å². The lowest BCUT2D eigenvalue weighted by molar-refractivity contribution is 1.39. The molecule has 0 aromatic heterocycles. The minimum Gasteiger partial charge on any atom is -0.403 e. The van der Waals surface area contributed by atoms with Crippen molar-refractivity contribution in [2.24, 2.45) is 5.73 Å². The van der Waals surface area contributed by atoms with E-state index in [2.05, 4.69) is 29.7 Å². The number of nitrogens with one attached hydrogen (secondary N) is 2. The molecule has 19 heavy (non-hydrogen) atoms. The van der Waals surface area contributed by atoms with Crippen LogP contribution in [-0.2, 0) is 0 Å². The van der Waals surface area contributed by atoms with E-state index in [4.69, 9.17) is 5.73 Å². The minimum atomic E-state index is 0.904. The van der Waals surface area contributed by atoms with Crippen molar-refractivity contribution in [2.45, 2.75) is 6.92 Å². The molecule has 0 spiro atoms. The Bertz CT molecular complexity index is 588. The summed E-state index contributed by atoms with van der Waals surface area (Å²) < 4.78 is 0. The van der Waals surface area contributed by atoms with Crippen molar-refractivity contribution in [1.82, 2.24) is 0 Å². The molecule has 0 saturated heterocycles. The van der Waals surface area contributed by atoms with Crippen molar-refractivity contribution in [3.63, 3.8) is 0 Å². The highest BCUT2D eigenvalue weighted by Crippen LogP contribution is 2.26. The summed E-state index contributed by atoms with van der Waals surface area (Å²) >= 11 is 0. The molecule has 0 aliphatic heterocycles. The van der Waals surface area contributed by atoms with Gasteiger partial charge in [0, 0.05) is 18.8 Å². The van der Waals surface area contributed by atoms with Crippen LogP contribution in [0.3, 0.4) is 0 Å². The van der Waals surface area contributed by atoms with Crippen molar-refractivity contribution in [3.8, 4) is 0 Å². The topological polar surface area (TPSA) is 50.1 Å². The first-order chi connectivity index (χ1) is 9.26. The Balaban J connectivity index is 2.33. The van der Waals surface area contributed by atoms with E-state index in [0.29, 0.717) is 0 Å². The number of rotatable bonds is 4. The Labute approximate surface area is 114 Å². The van der Waals surface area contributed by atoms with Gasteiger partial charge >= 0.3 is 0 Å².